The number of aliphatic hydroxyl groups is 1. The minimum Gasteiger partial charge on any atom is -0.378 e. The summed E-state index contributed by atoms with van der Waals surface area (Å²) in [5.41, 5.74) is 0. The molecule has 6 fully saturated rings. The van der Waals surface area contributed by atoms with Gasteiger partial charge in [0.25, 0.3) is 0 Å². The molecule has 0 aromatic heterocycles. The smallest absolute Gasteiger partial charge is 0.119 e. The van der Waals surface area contributed by atoms with Crippen LogP contribution >= 0.6 is 0 Å². The molecule has 0 spiro atoms. The van der Waals surface area contributed by atoms with Crippen LogP contribution in [-0.4, -0.2) is 113 Å². The topological polar surface area (TPSA) is 36.4 Å². The molecule has 6 heteroatoms. The van der Waals surface area contributed by atoms with Crippen molar-refractivity contribution in [3.63, 3.8) is 0 Å². The molecule has 2 saturated carbocycles. The van der Waals surface area contributed by atoms with Gasteiger partial charge in [0, 0.05) is 56.9 Å². The van der Waals surface area contributed by atoms with Crippen molar-refractivity contribution in [2.24, 2.45) is 23.7 Å². The Hall–Kier alpha value is -0.240. The molecule has 6 nitrogen and oxygen atoms in total. The van der Waals surface area contributed by atoms with E-state index in [1.54, 1.807) is 0 Å². The number of likely N-dealkylation sites (N-methyl/N-ethyl adjacent to an activating group) is 1. The number of rotatable bonds is 6. The molecule has 6 atom stereocenters. The second-order valence-electron chi connectivity index (χ2n) is 14.4. The van der Waals surface area contributed by atoms with Gasteiger partial charge in [0.1, 0.15) is 12.5 Å². The first-order chi connectivity index (χ1) is 17.9. The van der Waals surface area contributed by atoms with Crippen molar-refractivity contribution in [3.05, 3.63) is 0 Å². The molecule has 2 bridgehead atoms. The Morgan fingerprint density at radius 2 is 1.49 bits per heavy atom. The quantitative estimate of drug-likeness (QED) is 0.574. The van der Waals surface area contributed by atoms with Gasteiger partial charge in [0.2, 0.25) is 0 Å². The monoisotopic (exact) mass is 515 g/mol. The maximum Gasteiger partial charge on any atom is 0.119 e. The van der Waals surface area contributed by atoms with E-state index in [2.05, 4.69) is 52.4 Å². The summed E-state index contributed by atoms with van der Waals surface area (Å²) in [6, 6.07) is 2.68. The van der Waals surface area contributed by atoms with Crippen molar-refractivity contribution in [3.8, 4) is 0 Å². The fraction of sp³-hybridized carbons (Fsp3) is 1.00. The Morgan fingerprint density at radius 1 is 0.757 bits per heavy atom. The fourth-order valence-electron chi connectivity index (χ4n) is 10.0. The van der Waals surface area contributed by atoms with E-state index in [-0.39, 0.29) is 6.23 Å². The van der Waals surface area contributed by atoms with Crippen molar-refractivity contribution < 1.29 is 5.11 Å². The van der Waals surface area contributed by atoms with Gasteiger partial charge in [-0.15, -0.1) is 0 Å². The summed E-state index contributed by atoms with van der Waals surface area (Å²) in [7, 11) is 4.82. The first-order valence-electron chi connectivity index (χ1n) is 16.3. The zero-order chi connectivity index (χ0) is 25.7. The van der Waals surface area contributed by atoms with Crippen LogP contribution in [0.3, 0.4) is 0 Å². The zero-order valence-corrected chi connectivity index (χ0v) is 24.5. The first kappa shape index (κ1) is 27.0. The highest BCUT2D eigenvalue weighted by Crippen LogP contribution is 2.43. The third-order valence-corrected chi connectivity index (χ3v) is 12.1. The molecule has 212 valence electrons. The van der Waals surface area contributed by atoms with Crippen molar-refractivity contribution in [1.82, 2.24) is 24.5 Å². The lowest BCUT2D eigenvalue weighted by molar-refractivity contribution is -0.0443. The highest BCUT2D eigenvalue weighted by Gasteiger charge is 2.53. The third kappa shape index (κ3) is 5.17. The van der Waals surface area contributed by atoms with Crippen LogP contribution in [0.1, 0.15) is 90.9 Å². The van der Waals surface area contributed by atoms with Crippen LogP contribution in [-0.2, 0) is 0 Å². The Labute approximate surface area is 227 Å². The summed E-state index contributed by atoms with van der Waals surface area (Å²) < 4.78 is 0. The lowest BCUT2D eigenvalue weighted by Gasteiger charge is -2.42. The lowest BCUT2D eigenvalue weighted by Crippen LogP contribution is -2.57. The van der Waals surface area contributed by atoms with Crippen molar-refractivity contribution >= 4 is 0 Å². The van der Waals surface area contributed by atoms with Crippen LogP contribution in [0.15, 0.2) is 0 Å². The van der Waals surface area contributed by atoms with Crippen molar-refractivity contribution in [2.45, 2.75) is 128 Å². The van der Waals surface area contributed by atoms with Crippen molar-refractivity contribution in [2.75, 3.05) is 46.8 Å². The van der Waals surface area contributed by atoms with Crippen LogP contribution in [0.5, 0.6) is 0 Å². The molecule has 6 aliphatic rings. The standard InChI is InChI=1S/C31H57N5O/c1-22(2)23-10-12-24(13-11-23)29-28(35-18-7-17-32(3)31(35)33(29)4)21-36-26-14-15-27(36)20-34(19-16-26)30(37)25-8-5-6-9-25/h22-31,37H,5-21H2,1-4H3. The van der Waals surface area contributed by atoms with Crippen LogP contribution in [0.25, 0.3) is 0 Å². The average molecular weight is 516 g/mol. The van der Waals surface area contributed by atoms with Gasteiger partial charge >= 0.3 is 0 Å². The van der Waals surface area contributed by atoms with Gasteiger partial charge < -0.3 is 5.11 Å². The predicted molar refractivity (Wildman–Crippen MR) is 151 cm³/mol. The van der Waals surface area contributed by atoms with Gasteiger partial charge in [0.15, 0.2) is 0 Å². The van der Waals surface area contributed by atoms with Gasteiger partial charge in [-0.05, 0) is 102 Å². The van der Waals surface area contributed by atoms with Gasteiger partial charge in [-0.1, -0.05) is 26.7 Å². The van der Waals surface area contributed by atoms with E-state index in [0.29, 0.717) is 30.3 Å². The number of nitrogens with zero attached hydrogens (tertiary/aromatic N) is 5. The van der Waals surface area contributed by atoms with E-state index in [9.17, 15) is 5.11 Å². The third-order valence-electron chi connectivity index (χ3n) is 12.1. The summed E-state index contributed by atoms with van der Waals surface area (Å²) in [5.74, 6) is 3.13. The molecule has 0 radical (unpaired) electrons. The number of hydrogen-bond acceptors (Lipinski definition) is 6. The SMILES string of the molecule is CC(C)C1CCC(C2C(CN3C4CCC3CN(C(O)C3CCCC3)CC4)N3CCCN(C)C3N2C)CC1. The first-order valence-corrected chi connectivity index (χ1v) is 16.3. The van der Waals surface area contributed by atoms with E-state index < -0.39 is 0 Å². The van der Waals surface area contributed by atoms with E-state index in [0.717, 1.165) is 36.9 Å². The van der Waals surface area contributed by atoms with E-state index in [4.69, 9.17) is 0 Å². The number of likely N-dealkylation sites (tertiary alicyclic amines) is 1. The van der Waals surface area contributed by atoms with Crippen LogP contribution in [0, 0.1) is 23.7 Å². The molecule has 0 aromatic rings. The molecule has 0 amide bonds. The molecular weight excluding hydrogens is 458 g/mol. The molecule has 6 rings (SSSR count). The molecular formula is C31H57N5O. The molecule has 2 aliphatic carbocycles. The molecule has 4 aliphatic heterocycles. The Balaban J connectivity index is 1.19. The minimum atomic E-state index is -0.203. The van der Waals surface area contributed by atoms with Crippen LogP contribution in [0.2, 0.25) is 0 Å². The number of aliphatic hydroxyl groups excluding tert-OH is 1. The van der Waals surface area contributed by atoms with Gasteiger partial charge in [0.05, 0.1) is 0 Å². The Bertz CT molecular complexity index is 750. The highest BCUT2D eigenvalue weighted by atomic mass is 16.3. The summed E-state index contributed by atoms with van der Waals surface area (Å²) in [4.78, 5) is 13.8. The molecule has 4 heterocycles. The average Bonchev–Trinajstić information content (AvgIpc) is 3.57. The summed E-state index contributed by atoms with van der Waals surface area (Å²) in [6.45, 7) is 10.8. The molecule has 4 saturated heterocycles. The van der Waals surface area contributed by atoms with E-state index >= 15 is 0 Å². The van der Waals surface area contributed by atoms with Gasteiger partial charge in [-0.2, -0.15) is 0 Å². The number of fused-ring (bicyclic) bond motifs is 3. The molecule has 0 aromatic carbocycles. The van der Waals surface area contributed by atoms with Crippen LogP contribution < -0.4 is 0 Å². The molecule has 37 heavy (non-hydrogen) atoms. The largest absolute Gasteiger partial charge is 0.378 e. The van der Waals surface area contributed by atoms with Gasteiger partial charge in [-0.25, -0.2) is 0 Å². The number of hydrogen-bond donors (Lipinski definition) is 1. The van der Waals surface area contributed by atoms with Crippen LogP contribution in [0.4, 0.5) is 0 Å². The second-order valence-corrected chi connectivity index (χ2v) is 14.4. The predicted octanol–water partition coefficient (Wildman–Crippen LogP) is 4.10. The summed E-state index contributed by atoms with van der Waals surface area (Å²) >= 11 is 0. The molecule has 6 unspecified atom stereocenters. The maximum absolute atomic E-state index is 11.3. The normalized spacial score (nSPS) is 42.5. The zero-order valence-electron chi connectivity index (χ0n) is 24.5. The summed E-state index contributed by atoms with van der Waals surface area (Å²) in [5, 5.41) is 11.3. The highest BCUT2D eigenvalue weighted by molar-refractivity contribution is 5.05. The lowest BCUT2D eigenvalue weighted by atomic mass is 9.73. The summed E-state index contributed by atoms with van der Waals surface area (Å²) in [6.07, 6.45) is 16.3. The Morgan fingerprint density at radius 3 is 2.22 bits per heavy atom. The minimum absolute atomic E-state index is 0.203. The Kier molecular flexibility index (Phi) is 8.25. The molecule has 1 N–H and O–H groups in total. The van der Waals surface area contributed by atoms with E-state index in [1.165, 1.54) is 96.7 Å². The fourth-order valence-corrected chi connectivity index (χ4v) is 10.0. The van der Waals surface area contributed by atoms with Gasteiger partial charge in [-0.3, -0.25) is 24.5 Å². The van der Waals surface area contributed by atoms with E-state index in [1.807, 2.05) is 0 Å². The second kappa shape index (κ2) is 11.3. The maximum atomic E-state index is 11.3. The van der Waals surface area contributed by atoms with Crippen molar-refractivity contribution in [1.29, 1.82) is 0 Å².